The molecule has 110 valence electrons. The zero-order chi connectivity index (χ0) is 15.6. The second kappa shape index (κ2) is 6.08. The Bertz CT molecular complexity index is 670. The molecule has 0 radical (unpaired) electrons. The first-order valence-electron chi connectivity index (χ1n) is 7.04. The van der Waals surface area contributed by atoms with Crippen molar-refractivity contribution in [3.8, 4) is 5.75 Å². The Morgan fingerprint density at radius 1 is 1.10 bits per heavy atom. The van der Waals surface area contributed by atoms with Crippen LogP contribution in [0.15, 0.2) is 24.4 Å². The predicted molar refractivity (Wildman–Crippen MR) is 84.2 cm³/mol. The number of hydrogen-bond donors (Lipinski definition) is 0. The molecule has 1 aromatic heterocycles. The molecule has 0 saturated carbocycles. The Morgan fingerprint density at radius 3 is 2.29 bits per heavy atom. The van der Waals surface area contributed by atoms with Gasteiger partial charge in [-0.1, -0.05) is 18.2 Å². The third kappa shape index (κ3) is 2.97. The topological polar surface area (TPSA) is 39.2 Å². The van der Waals surface area contributed by atoms with Gasteiger partial charge in [0.1, 0.15) is 5.75 Å². The van der Waals surface area contributed by atoms with E-state index < -0.39 is 0 Å². The van der Waals surface area contributed by atoms with Gasteiger partial charge in [0, 0.05) is 22.9 Å². The predicted octanol–water partition coefficient (Wildman–Crippen LogP) is 3.75. The molecule has 1 aromatic carbocycles. The van der Waals surface area contributed by atoms with Crippen LogP contribution in [0.3, 0.4) is 0 Å². The molecular formula is C18H21NO2. The fourth-order valence-corrected chi connectivity index (χ4v) is 2.74. The first-order valence-corrected chi connectivity index (χ1v) is 7.04. The number of hydrogen-bond acceptors (Lipinski definition) is 3. The summed E-state index contributed by atoms with van der Waals surface area (Å²) in [5.41, 5.74) is 5.53. The van der Waals surface area contributed by atoms with Crippen LogP contribution in [-0.4, -0.2) is 17.9 Å². The highest BCUT2D eigenvalue weighted by Crippen LogP contribution is 2.25. The summed E-state index contributed by atoms with van der Waals surface area (Å²) in [7, 11) is 1.65. The van der Waals surface area contributed by atoms with Crippen molar-refractivity contribution in [2.75, 3.05) is 7.11 Å². The molecule has 0 spiro atoms. The number of carbonyl (C=O) groups excluding carboxylic acids is 1. The zero-order valence-electron chi connectivity index (χ0n) is 13.3. The molecule has 0 aliphatic heterocycles. The largest absolute Gasteiger partial charge is 0.496 e. The van der Waals surface area contributed by atoms with E-state index in [9.17, 15) is 4.79 Å². The van der Waals surface area contributed by atoms with Gasteiger partial charge in [-0.25, -0.2) is 0 Å². The van der Waals surface area contributed by atoms with Gasteiger partial charge in [-0.15, -0.1) is 0 Å². The number of carbonyl (C=O) groups is 1. The van der Waals surface area contributed by atoms with Crippen LogP contribution in [-0.2, 0) is 6.42 Å². The van der Waals surface area contributed by atoms with Crippen LogP contribution < -0.4 is 4.74 Å². The number of rotatable bonds is 4. The number of ether oxygens (including phenoxy) is 1. The fraction of sp³-hybridized carbons (Fsp3) is 0.333. The standard InChI is InChI=1S/C18H21NO2/c1-11-7-6-8-12(2)17(11)16(20)9-15-14(4)18(21-5)13(3)10-19-15/h6-8,10H,9H2,1-5H3. The van der Waals surface area contributed by atoms with E-state index in [1.807, 2.05) is 45.9 Å². The summed E-state index contributed by atoms with van der Waals surface area (Å²) in [6, 6.07) is 5.91. The van der Waals surface area contributed by atoms with E-state index >= 15 is 0 Å². The highest BCUT2D eigenvalue weighted by Gasteiger charge is 2.16. The Labute approximate surface area is 126 Å². The van der Waals surface area contributed by atoms with Crippen LogP contribution >= 0.6 is 0 Å². The Kier molecular flexibility index (Phi) is 4.41. The van der Waals surface area contributed by atoms with Crippen LogP contribution in [0.4, 0.5) is 0 Å². The lowest BCUT2D eigenvalue weighted by atomic mass is 9.95. The lowest BCUT2D eigenvalue weighted by Crippen LogP contribution is -2.11. The van der Waals surface area contributed by atoms with Gasteiger partial charge in [0.05, 0.1) is 19.2 Å². The molecule has 0 saturated heterocycles. The maximum atomic E-state index is 12.6. The number of nitrogens with zero attached hydrogens (tertiary/aromatic N) is 1. The first kappa shape index (κ1) is 15.2. The van der Waals surface area contributed by atoms with Crippen molar-refractivity contribution >= 4 is 5.78 Å². The molecule has 0 aliphatic carbocycles. The Balaban J connectivity index is 2.37. The van der Waals surface area contributed by atoms with Crippen LogP contribution in [0.2, 0.25) is 0 Å². The molecule has 2 rings (SSSR count). The summed E-state index contributed by atoms with van der Waals surface area (Å²) in [6.07, 6.45) is 2.06. The molecule has 0 atom stereocenters. The van der Waals surface area contributed by atoms with Crippen molar-refractivity contribution < 1.29 is 9.53 Å². The van der Waals surface area contributed by atoms with Crippen molar-refractivity contribution in [2.24, 2.45) is 0 Å². The van der Waals surface area contributed by atoms with Gasteiger partial charge in [-0.2, -0.15) is 0 Å². The number of Topliss-reactive ketones (excluding diaryl/α,β-unsaturated/α-hetero) is 1. The monoisotopic (exact) mass is 283 g/mol. The number of pyridine rings is 1. The van der Waals surface area contributed by atoms with Crippen molar-refractivity contribution in [3.05, 3.63) is 57.9 Å². The van der Waals surface area contributed by atoms with Crippen molar-refractivity contribution in [1.29, 1.82) is 0 Å². The summed E-state index contributed by atoms with van der Waals surface area (Å²) >= 11 is 0. The average Bonchev–Trinajstić information content (AvgIpc) is 2.42. The van der Waals surface area contributed by atoms with E-state index in [0.717, 1.165) is 39.3 Å². The molecule has 1 heterocycles. The molecule has 0 amide bonds. The summed E-state index contributed by atoms with van der Waals surface area (Å²) in [4.78, 5) is 17.0. The highest BCUT2D eigenvalue weighted by molar-refractivity contribution is 6.00. The number of aryl methyl sites for hydroxylation is 3. The molecule has 0 unspecified atom stereocenters. The second-order valence-electron chi connectivity index (χ2n) is 5.41. The van der Waals surface area contributed by atoms with E-state index in [-0.39, 0.29) is 5.78 Å². The lowest BCUT2D eigenvalue weighted by Gasteiger charge is -2.13. The van der Waals surface area contributed by atoms with Gasteiger partial charge in [0.15, 0.2) is 5.78 Å². The van der Waals surface area contributed by atoms with Crippen LogP contribution in [0.5, 0.6) is 5.75 Å². The number of aromatic nitrogens is 1. The van der Waals surface area contributed by atoms with E-state index in [2.05, 4.69) is 4.98 Å². The minimum Gasteiger partial charge on any atom is -0.496 e. The number of methoxy groups -OCH3 is 1. The molecule has 0 bridgehead atoms. The third-order valence-corrected chi connectivity index (χ3v) is 3.84. The smallest absolute Gasteiger partial charge is 0.169 e. The average molecular weight is 283 g/mol. The third-order valence-electron chi connectivity index (χ3n) is 3.84. The fourth-order valence-electron chi connectivity index (χ4n) is 2.74. The number of ketones is 1. The van der Waals surface area contributed by atoms with Crippen LogP contribution in [0.25, 0.3) is 0 Å². The molecular weight excluding hydrogens is 262 g/mol. The van der Waals surface area contributed by atoms with E-state index in [1.165, 1.54) is 0 Å². The number of benzene rings is 1. The van der Waals surface area contributed by atoms with E-state index in [0.29, 0.717) is 6.42 Å². The minimum absolute atomic E-state index is 0.104. The highest BCUT2D eigenvalue weighted by atomic mass is 16.5. The molecule has 0 N–H and O–H groups in total. The summed E-state index contributed by atoms with van der Waals surface area (Å²) in [5, 5.41) is 0. The molecule has 2 aromatic rings. The van der Waals surface area contributed by atoms with Crippen LogP contribution in [0, 0.1) is 27.7 Å². The SMILES string of the molecule is COc1c(C)cnc(CC(=O)c2c(C)cccc2C)c1C. The molecule has 3 nitrogen and oxygen atoms in total. The normalized spacial score (nSPS) is 10.5. The molecule has 3 heteroatoms. The maximum absolute atomic E-state index is 12.6. The molecule has 0 fully saturated rings. The zero-order valence-corrected chi connectivity index (χ0v) is 13.3. The van der Waals surface area contributed by atoms with Crippen LogP contribution in [0.1, 0.15) is 38.3 Å². The van der Waals surface area contributed by atoms with Gasteiger partial charge in [0.2, 0.25) is 0 Å². The van der Waals surface area contributed by atoms with Crippen molar-refractivity contribution in [2.45, 2.75) is 34.1 Å². The molecule has 21 heavy (non-hydrogen) atoms. The van der Waals surface area contributed by atoms with Crippen molar-refractivity contribution in [3.63, 3.8) is 0 Å². The first-order chi connectivity index (χ1) is 9.95. The maximum Gasteiger partial charge on any atom is 0.169 e. The van der Waals surface area contributed by atoms with Gasteiger partial charge < -0.3 is 4.74 Å². The lowest BCUT2D eigenvalue weighted by molar-refractivity contribution is 0.0990. The van der Waals surface area contributed by atoms with E-state index in [1.54, 1.807) is 13.3 Å². The summed E-state index contributed by atoms with van der Waals surface area (Å²) in [5.74, 6) is 0.918. The van der Waals surface area contributed by atoms with E-state index in [4.69, 9.17) is 4.74 Å². The summed E-state index contributed by atoms with van der Waals surface area (Å²) in [6.45, 7) is 7.84. The van der Waals surface area contributed by atoms with Gasteiger partial charge in [-0.3, -0.25) is 9.78 Å². The molecule has 0 aliphatic rings. The van der Waals surface area contributed by atoms with Gasteiger partial charge in [-0.05, 0) is 38.8 Å². The van der Waals surface area contributed by atoms with Gasteiger partial charge >= 0.3 is 0 Å². The Morgan fingerprint density at radius 2 is 1.71 bits per heavy atom. The van der Waals surface area contributed by atoms with Gasteiger partial charge in [0.25, 0.3) is 0 Å². The quantitative estimate of drug-likeness (QED) is 0.802. The van der Waals surface area contributed by atoms with Crippen molar-refractivity contribution in [1.82, 2.24) is 4.98 Å². The minimum atomic E-state index is 0.104. The Hall–Kier alpha value is -2.16. The second-order valence-corrected chi connectivity index (χ2v) is 5.41. The summed E-state index contributed by atoms with van der Waals surface area (Å²) < 4.78 is 5.40.